The van der Waals surface area contributed by atoms with E-state index in [0.717, 1.165) is 16.0 Å². The van der Waals surface area contributed by atoms with E-state index in [1.54, 1.807) is 44.4 Å². The van der Waals surface area contributed by atoms with Gasteiger partial charge in [0.2, 0.25) is 5.91 Å². The van der Waals surface area contributed by atoms with E-state index in [4.69, 9.17) is 9.47 Å². The Labute approximate surface area is 192 Å². The van der Waals surface area contributed by atoms with Crippen LogP contribution in [-0.4, -0.2) is 40.6 Å². The number of rotatable bonds is 7. The molecule has 6 nitrogen and oxygen atoms in total. The number of carbonyl (C=O) groups is 1. The summed E-state index contributed by atoms with van der Waals surface area (Å²) in [6, 6.07) is 5.38. The number of methoxy groups -OCH3 is 2. The van der Waals surface area contributed by atoms with Crippen molar-refractivity contribution < 1.29 is 14.3 Å². The van der Waals surface area contributed by atoms with Gasteiger partial charge >= 0.3 is 0 Å². The van der Waals surface area contributed by atoms with Crippen LogP contribution in [0.2, 0.25) is 0 Å². The van der Waals surface area contributed by atoms with Crippen molar-refractivity contribution in [1.29, 1.82) is 0 Å². The molecule has 0 bridgehead atoms. The van der Waals surface area contributed by atoms with Crippen LogP contribution in [0.4, 0.5) is 5.69 Å². The molecule has 1 aliphatic heterocycles. The molecule has 0 saturated heterocycles. The predicted molar refractivity (Wildman–Crippen MR) is 126 cm³/mol. The largest absolute Gasteiger partial charge is 0.497 e. The fourth-order valence-electron chi connectivity index (χ4n) is 4.38. The Hall–Kier alpha value is -1.93. The van der Waals surface area contributed by atoms with Gasteiger partial charge < -0.3 is 14.8 Å². The number of anilines is 1. The first-order valence-electron chi connectivity index (χ1n) is 10.7. The van der Waals surface area contributed by atoms with E-state index in [1.807, 2.05) is 24.8 Å². The number of hydrogen-bond acceptors (Lipinski definition) is 7. The second kappa shape index (κ2) is 9.69. The molecule has 1 aromatic heterocycles. The van der Waals surface area contributed by atoms with Crippen LogP contribution in [0, 0.1) is 5.92 Å². The first-order valence-corrected chi connectivity index (χ1v) is 12.5. The van der Waals surface area contributed by atoms with E-state index < -0.39 is 0 Å². The van der Waals surface area contributed by atoms with Crippen molar-refractivity contribution in [3.8, 4) is 11.5 Å². The second-order valence-electron chi connectivity index (χ2n) is 8.15. The first kappa shape index (κ1) is 22.3. The van der Waals surface area contributed by atoms with Crippen LogP contribution in [0.1, 0.15) is 51.0 Å². The van der Waals surface area contributed by atoms with Crippen LogP contribution in [-0.2, 0) is 4.79 Å². The van der Waals surface area contributed by atoms with Crippen molar-refractivity contribution in [2.75, 3.05) is 19.5 Å². The zero-order chi connectivity index (χ0) is 22.0. The highest BCUT2D eigenvalue weighted by molar-refractivity contribution is 8.01. The Morgan fingerprint density at radius 2 is 2.13 bits per heavy atom. The summed E-state index contributed by atoms with van der Waals surface area (Å²) in [5.41, 5.74) is 1.87. The monoisotopic (exact) mass is 459 g/mol. The van der Waals surface area contributed by atoms with Crippen molar-refractivity contribution in [3.63, 3.8) is 0 Å². The highest BCUT2D eigenvalue weighted by Gasteiger charge is 2.40. The Balaban J connectivity index is 1.54. The topological polar surface area (TPSA) is 73.3 Å². The smallest absolute Gasteiger partial charge is 0.238 e. The average molecular weight is 460 g/mol. The third-order valence-corrected chi connectivity index (χ3v) is 8.83. The second-order valence-corrected chi connectivity index (χ2v) is 10.6. The minimum absolute atomic E-state index is 0.0640. The Morgan fingerprint density at radius 3 is 2.87 bits per heavy atom. The molecule has 1 saturated carbocycles. The van der Waals surface area contributed by atoms with Crippen molar-refractivity contribution in [1.82, 2.24) is 9.97 Å². The van der Waals surface area contributed by atoms with E-state index in [1.165, 1.54) is 24.8 Å². The molecule has 1 aromatic carbocycles. The minimum Gasteiger partial charge on any atom is -0.497 e. The van der Waals surface area contributed by atoms with Crippen molar-refractivity contribution in [3.05, 3.63) is 30.1 Å². The van der Waals surface area contributed by atoms with E-state index in [2.05, 4.69) is 22.2 Å². The summed E-state index contributed by atoms with van der Waals surface area (Å²) >= 11 is 3.45. The quantitative estimate of drug-likeness (QED) is 0.440. The number of nitrogens with zero attached hydrogens (tertiary/aromatic N) is 2. The molecule has 166 valence electrons. The summed E-state index contributed by atoms with van der Waals surface area (Å²) in [6.45, 7) is 4.37. The molecule has 4 atom stereocenters. The third-order valence-electron chi connectivity index (χ3n) is 6.08. The van der Waals surface area contributed by atoms with Gasteiger partial charge in [-0.1, -0.05) is 32.0 Å². The zero-order valence-corrected chi connectivity index (χ0v) is 20.0. The van der Waals surface area contributed by atoms with Crippen LogP contribution in [0.25, 0.3) is 0 Å². The van der Waals surface area contributed by atoms with Crippen LogP contribution in [0.15, 0.2) is 34.6 Å². The fraction of sp³-hybridized carbons (Fsp3) is 0.522. The van der Waals surface area contributed by atoms with Gasteiger partial charge in [0.05, 0.1) is 25.2 Å². The maximum atomic E-state index is 13.2. The van der Waals surface area contributed by atoms with Gasteiger partial charge in [0.1, 0.15) is 27.9 Å². The van der Waals surface area contributed by atoms with Gasteiger partial charge in [0.15, 0.2) is 0 Å². The van der Waals surface area contributed by atoms with E-state index >= 15 is 0 Å². The Kier molecular flexibility index (Phi) is 6.96. The van der Waals surface area contributed by atoms with Crippen LogP contribution < -0.4 is 14.8 Å². The molecular weight excluding hydrogens is 430 g/mol. The first-order chi connectivity index (χ1) is 15.0. The lowest BCUT2D eigenvalue weighted by Gasteiger charge is -2.29. The highest BCUT2D eigenvalue weighted by Crippen LogP contribution is 2.54. The van der Waals surface area contributed by atoms with Crippen LogP contribution in [0.5, 0.6) is 11.5 Å². The molecule has 0 spiro atoms. The van der Waals surface area contributed by atoms with Gasteiger partial charge in [-0.3, -0.25) is 4.79 Å². The van der Waals surface area contributed by atoms with Gasteiger partial charge in [-0.15, -0.1) is 11.8 Å². The Morgan fingerprint density at radius 1 is 1.29 bits per heavy atom. The van der Waals surface area contributed by atoms with E-state index in [-0.39, 0.29) is 11.2 Å². The van der Waals surface area contributed by atoms with Gasteiger partial charge in [-0.2, -0.15) is 0 Å². The number of benzene rings is 1. The number of thioether (sulfide) groups is 2. The number of ether oxygens (including phenoxy) is 2. The summed E-state index contributed by atoms with van der Waals surface area (Å²) in [4.78, 5) is 22.3. The average Bonchev–Trinajstić information content (AvgIpc) is 3.15. The predicted octanol–water partition coefficient (Wildman–Crippen LogP) is 5.38. The fourth-order valence-corrected chi connectivity index (χ4v) is 7.16. The number of fused-ring (bicyclic) bond motifs is 3. The lowest BCUT2D eigenvalue weighted by molar-refractivity contribution is -0.115. The Bertz CT molecular complexity index is 956. The van der Waals surface area contributed by atoms with Crippen LogP contribution in [0.3, 0.4) is 0 Å². The molecule has 4 unspecified atom stereocenters. The molecule has 2 heterocycles. The number of hydrogen-bond donors (Lipinski definition) is 1. The molecular formula is C23H29N3O3S2. The molecule has 2 aliphatic rings. The summed E-state index contributed by atoms with van der Waals surface area (Å²) in [5.74, 6) is 2.47. The van der Waals surface area contributed by atoms with Crippen molar-refractivity contribution in [2.45, 2.75) is 66.0 Å². The SMILES string of the molecule is CCC(Sc1ncnc2c1C1CCC(C)CC1S2)C(=O)Nc1cc(OC)ccc1OC. The summed E-state index contributed by atoms with van der Waals surface area (Å²) < 4.78 is 10.7. The van der Waals surface area contributed by atoms with Gasteiger partial charge in [-0.05, 0) is 37.3 Å². The lowest BCUT2D eigenvalue weighted by Crippen LogP contribution is -2.25. The van der Waals surface area contributed by atoms with Crippen molar-refractivity contribution >= 4 is 35.1 Å². The van der Waals surface area contributed by atoms with Gasteiger partial charge in [0.25, 0.3) is 0 Å². The maximum Gasteiger partial charge on any atom is 0.238 e. The molecule has 1 N–H and O–H groups in total. The normalized spacial score (nSPS) is 22.9. The molecule has 1 fully saturated rings. The minimum atomic E-state index is -0.263. The number of amides is 1. The molecule has 1 aliphatic carbocycles. The van der Waals surface area contributed by atoms with Gasteiger partial charge in [-0.25, -0.2) is 9.97 Å². The molecule has 4 rings (SSSR count). The molecule has 8 heteroatoms. The zero-order valence-electron chi connectivity index (χ0n) is 18.4. The van der Waals surface area contributed by atoms with E-state index in [0.29, 0.717) is 34.8 Å². The van der Waals surface area contributed by atoms with Crippen molar-refractivity contribution in [2.24, 2.45) is 5.92 Å². The third kappa shape index (κ3) is 4.65. The number of nitrogens with one attached hydrogen (secondary N) is 1. The van der Waals surface area contributed by atoms with E-state index in [9.17, 15) is 4.79 Å². The lowest BCUT2D eigenvalue weighted by atomic mass is 9.80. The number of aromatic nitrogens is 2. The summed E-state index contributed by atoms with van der Waals surface area (Å²) in [7, 11) is 3.19. The van der Waals surface area contributed by atoms with Crippen LogP contribution >= 0.6 is 23.5 Å². The number of carbonyl (C=O) groups excluding carboxylic acids is 1. The highest BCUT2D eigenvalue weighted by atomic mass is 32.2. The molecule has 0 radical (unpaired) electrons. The standard InChI is InChI=1S/C23H29N3O3S2/c1-5-18(21(27)26-16-11-14(28-3)7-9-17(16)29-4)30-22-20-15-8-6-13(2)10-19(15)31-23(20)25-12-24-22/h7,9,11-13,15,18-19H,5-6,8,10H2,1-4H3,(H,26,27). The molecule has 1 amide bonds. The molecule has 31 heavy (non-hydrogen) atoms. The van der Waals surface area contributed by atoms with Gasteiger partial charge in [0, 0.05) is 22.8 Å². The summed E-state index contributed by atoms with van der Waals surface area (Å²) in [6.07, 6.45) is 5.98. The summed E-state index contributed by atoms with van der Waals surface area (Å²) in [5, 5.41) is 5.41. The maximum absolute atomic E-state index is 13.2. The molecule has 2 aromatic rings.